The minimum atomic E-state index is -0.726. The molecule has 1 aliphatic rings. The molecular formula is C21H26N4O3. The number of nitrogens with one attached hydrogen (secondary N) is 1. The molecule has 0 spiro atoms. The van der Waals surface area contributed by atoms with Gasteiger partial charge in [0.15, 0.2) is 5.76 Å². The smallest absolute Gasteiger partial charge is 0.332 e. The Morgan fingerprint density at radius 2 is 1.93 bits per heavy atom. The van der Waals surface area contributed by atoms with Gasteiger partial charge in [-0.05, 0) is 37.8 Å². The van der Waals surface area contributed by atoms with Gasteiger partial charge in [-0.25, -0.2) is 10.2 Å². The third-order valence-corrected chi connectivity index (χ3v) is 4.92. The average Bonchev–Trinajstić information content (AvgIpc) is 2.96. The van der Waals surface area contributed by atoms with Crippen molar-refractivity contribution in [3.05, 3.63) is 53.0 Å². The third-order valence-electron chi connectivity index (χ3n) is 4.92. The van der Waals surface area contributed by atoms with Gasteiger partial charge in [-0.15, -0.1) is 0 Å². The van der Waals surface area contributed by atoms with Crippen LogP contribution in [-0.4, -0.2) is 24.2 Å². The number of primary amides is 1. The van der Waals surface area contributed by atoms with Crippen molar-refractivity contribution in [3.63, 3.8) is 0 Å². The summed E-state index contributed by atoms with van der Waals surface area (Å²) in [5.74, 6) is 0.826. The molecule has 0 radical (unpaired) electrons. The number of anilines is 1. The second-order valence-electron chi connectivity index (χ2n) is 7.79. The second-order valence-corrected chi connectivity index (χ2v) is 7.79. The van der Waals surface area contributed by atoms with Crippen LogP contribution in [0.25, 0.3) is 0 Å². The van der Waals surface area contributed by atoms with Crippen molar-refractivity contribution < 1.29 is 14.0 Å². The van der Waals surface area contributed by atoms with Crippen molar-refractivity contribution in [2.24, 2.45) is 16.3 Å². The minimum Gasteiger partial charge on any atom is -0.455 e. The molecule has 3 N–H and O–H groups in total. The molecule has 0 saturated carbocycles. The van der Waals surface area contributed by atoms with E-state index >= 15 is 0 Å². The minimum absolute atomic E-state index is 0.111. The third kappa shape index (κ3) is 3.78. The van der Waals surface area contributed by atoms with Gasteiger partial charge in [0.2, 0.25) is 0 Å². The molecule has 0 atom stereocenters. The zero-order valence-corrected chi connectivity index (χ0v) is 16.7. The Morgan fingerprint density at radius 3 is 2.54 bits per heavy atom. The molecule has 7 nitrogen and oxygen atoms in total. The van der Waals surface area contributed by atoms with Gasteiger partial charge in [-0.3, -0.25) is 4.79 Å². The van der Waals surface area contributed by atoms with E-state index in [0.717, 1.165) is 16.8 Å². The molecule has 0 aliphatic heterocycles. The monoisotopic (exact) mass is 382 g/mol. The SMILES string of the molecule is CCN(C(=O)c1oc2c(c1C)/C(=N\NC(N)=O)CC(C)(C)C2)c1ccccc1. The van der Waals surface area contributed by atoms with Gasteiger partial charge >= 0.3 is 6.03 Å². The fraction of sp³-hybridized carbons (Fsp3) is 0.381. The first-order valence-electron chi connectivity index (χ1n) is 9.35. The molecule has 0 fully saturated rings. The van der Waals surface area contributed by atoms with Gasteiger partial charge < -0.3 is 15.1 Å². The molecule has 1 aliphatic carbocycles. The van der Waals surface area contributed by atoms with E-state index in [0.29, 0.717) is 36.6 Å². The Balaban J connectivity index is 2.04. The number of hydrazone groups is 1. The van der Waals surface area contributed by atoms with E-state index in [4.69, 9.17) is 10.2 Å². The molecule has 3 amide bonds. The molecule has 0 bridgehead atoms. The molecule has 3 rings (SSSR count). The largest absolute Gasteiger partial charge is 0.455 e. The molecule has 1 heterocycles. The van der Waals surface area contributed by atoms with Crippen LogP contribution in [0.3, 0.4) is 0 Å². The lowest BCUT2D eigenvalue weighted by molar-refractivity contribution is 0.0957. The van der Waals surface area contributed by atoms with Crippen molar-refractivity contribution in [3.8, 4) is 0 Å². The number of benzene rings is 1. The number of carbonyl (C=O) groups is 2. The molecule has 1 aromatic heterocycles. The van der Waals surface area contributed by atoms with Crippen molar-refractivity contribution in [2.45, 2.75) is 40.5 Å². The Labute approximate surface area is 164 Å². The van der Waals surface area contributed by atoms with Gasteiger partial charge in [0.25, 0.3) is 5.91 Å². The Morgan fingerprint density at radius 1 is 1.25 bits per heavy atom. The van der Waals surface area contributed by atoms with Gasteiger partial charge in [-0.1, -0.05) is 32.0 Å². The van der Waals surface area contributed by atoms with Gasteiger partial charge in [0, 0.05) is 29.8 Å². The van der Waals surface area contributed by atoms with Crippen LogP contribution in [0.15, 0.2) is 39.9 Å². The number of nitrogens with two attached hydrogens (primary N) is 1. The summed E-state index contributed by atoms with van der Waals surface area (Å²) < 4.78 is 6.06. The van der Waals surface area contributed by atoms with Crippen LogP contribution >= 0.6 is 0 Å². The van der Waals surface area contributed by atoms with Crippen LogP contribution in [0.1, 0.15) is 54.6 Å². The normalized spacial score (nSPS) is 16.5. The first-order chi connectivity index (χ1) is 13.2. The van der Waals surface area contributed by atoms with E-state index in [9.17, 15) is 9.59 Å². The number of para-hydroxylation sites is 1. The molecule has 1 aromatic carbocycles. The highest BCUT2D eigenvalue weighted by Gasteiger charge is 2.37. The maximum absolute atomic E-state index is 13.3. The number of carbonyl (C=O) groups excluding carboxylic acids is 2. The molecular weight excluding hydrogens is 356 g/mol. The number of hydrogen-bond donors (Lipinski definition) is 2. The van der Waals surface area contributed by atoms with Crippen molar-refractivity contribution >= 4 is 23.3 Å². The summed E-state index contributed by atoms with van der Waals surface area (Å²) in [6.07, 6.45) is 1.33. The zero-order chi connectivity index (χ0) is 20.5. The predicted molar refractivity (Wildman–Crippen MR) is 109 cm³/mol. The maximum atomic E-state index is 13.3. The summed E-state index contributed by atoms with van der Waals surface area (Å²) in [6.45, 7) is 8.49. The Kier molecular flexibility index (Phi) is 5.27. The average molecular weight is 382 g/mol. The van der Waals surface area contributed by atoms with Gasteiger partial charge in [0.05, 0.1) is 5.71 Å². The molecule has 0 unspecified atom stereocenters. The maximum Gasteiger partial charge on any atom is 0.332 e. The van der Waals surface area contributed by atoms with Crippen LogP contribution in [0, 0.1) is 12.3 Å². The van der Waals surface area contributed by atoms with Crippen LogP contribution < -0.4 is 16.1 Å². The van der Waals surface area contributed by atoms with E-state index in [-0.39, 0.29) is 11.3 Å². The lowest BCUT2D eigenvalue weighted by Gasteiger charge is -2.29. The molecule has 148 valence electrons. The summed E-state index contributed by atoms with van der Waals surface area (Å²) in [5, 5.41) is 4.18. The number of amides is 3. The van der Waals surface area contributed by atoms with E-state index in [1.807, 2.05) is 44.2 Å². The van der Waals surface area contributed by atoms with Crippen LogP contribution in [0.2, 0.25) is 0 Å². The summed E-state index contributed by atoms with van der Waals surface area (Å²) in [7, 11) is 0. The summed E-state index contributed by atoms with van der Waals surface area (Å²) in [4.78, 5) is 26.1. The van der Waals surface area contributed by atoms with Crippen LogP contribution in [0.5, 0.6) is 0 Å². The topological polar surface area (TPSA) is 101 Å². The molecule has 0 saturated heterocycles. The van der Waals surface area contributed by atoms with Crippen LogP contribution in [0.4, 0.5) is 10.5 Å². The zero-order valence-electron chi connectivity index (χ0n) is 16.7. The van der Waals surface area contributed by atoms with E-state index < -0.39 is 6.03 Å². The van der Waals surface area contributed by atoms with E-state index in [1.54, 1.807) is 4.90 Å². The number of rotatable bonds is 4. The number of fused-ring (bicyclic) bond motifs is 1. The number of nitrogens with zero attached hydrogens (tertiary/aromatic N) is 2. The molecule has 2 aromatic rings. The summed E-state index contributed by atoms with van der Waals surface area (Å²) in [5.41, 5.74) is 10.4. The number of hydrogen-bond acceptors (Lipinski definition) is 4. The van der Waals surface area contributed by atoms with Gasteiger partial charge in [0.1, 0.15) is 5.76 Å². The first kappa shape index (κ1) is 19.7. The lowest BCUT2D eigenvalue weighted by atomic mass is 9.75. The fourth-order valence-electron chi connectivity index (χ4n) is 3.71. The first-order valence-corrected chi connectivity index (χ1v) is 9.35. The van der Waals surface area contributed by atoms with Crippen molar-refractivity contribution in [1.82, 2.24) is 5.43 Å². The number of urea groups is 1. The van der Waals surface area contributed by atoms with Gasteiger partial charge in [-0.2, -0.15) is 5.10 Å². The van der Waals surface area contributed by atoms with Crippen LogP contribution in [-0.2, 0) is 6.42 Å². The van der Waals surface area contributed by atoms with Crippen molar-refractivity contribution in [1.29, 1.82) is 0 Å². The second kappa shape index (κ2) is 7.50. The quantitative estimate of drug-likeness (QED) is 0.790. The van der Waals surface area contributed by atoms with E-state index in [1.165, 1.54) is 0 Å². The number of furan rings is 1. The standard InChI is InChI=1S/C21H26N4O3/c1-5-25(14-9-7-6-8-10-14)19(26)18-13(2)17-15(23-24-20(22)27)11-21(3,4)12-16(17)28-18/h6-10H,5,11-12H2,1-4H3,(H3,22,24,27)/b23-15-. The Hall–Kier alpha value is -3.09. The summed E-state index contributed by atoms with van der Waals surface area (Å²) >= 11 is 0. The summed E-state index contributed by atoms with van der Waals surface area (Å²) in [6, 6.07) is 8.77. The highest BCUT2D eigenvalue weighted by Crippen LogP contribution is 2.39. The highest BCUT2D eigenvalue weighted by atomic mass is 16.4. The molecule has 28 heavy (non-hydrogen) atoms. The predicted octanol–water partition coefficient (Wildman–Crippen LogP) is 3.60. The lowest BCUT2D eigenvalue weighted by Crippen LogP contribution is -2.31. The Bertz CT molecular complexity index is 929. The highest BCUT2D eigenvalue weighted by molar-refractivity contribution is 6.10. The van der Waals surface area contributed by atoms with Crippen molar-refractivity contribution in [2.75, 3.05) is 11.4 Å². The van der Waals surface area contributed by atoms with E-state index in [2.05, 4.69) is 24.4 Å². The molecule has 7 heteroatoms. The fourth-order valence-corrected chi connectivity index (χ4v) is 3.71.